The first-order valence-corrected chi connectivity index (χ1v) is 18.0. The topological polar surface area (TPSA) is 23.8 Å². The second kappa shape index (κ2) is 11.1. The zero-order chi connectivity index (χ0) is 35.2. The van der Waals surface area contributed by atoms with E-state index < -0.39 is 5.41 Å². The summed E-state index contributed by atoms with van der Waals surface area (Å²) >= 11 is 0. The van der Waals surface area contributed by atoms with Crippen LogP contribution in [0.3, 0.4) is 0 Å². The first-order chi connectivity index (χ1) is 25.3. The summed E-state index contributed by atoms with van der Waals surface area (Å²) < 4.78 is 6.66. The number of aromatic nitrogens is 2. The van der Waals surface area contributed by atoms with Gasteiger partial charge in [-0.1, -0.05) is 128 Å². The van der Waals surface area contributed by atoms with Crippen molar-refractivity contribution in [2.45, 2.75) is 31.6 Å². The van der Waals surface area contributed by atoms with Crippen LogP contribution in [0.15, 0.2) is 158 Å². The summed E-state index contributed by atoms with van der Waals surface area (Å²) in [4.78, 5) is 4.86. The van der Waals surface area contributed by atoms with Gasteiger partial charge in [0.2, 0.25) is 5.69 Å². The van der Waals surface area contributed by atoms with Crippen LogP contribution in [-0.2, 0) is 10.8 Å². The fourth-order valence-electron chi connectivity index (χ4n) is 8.74. The van der Waals surface area contributed by atoms with Crippen molar-refractivity contribution in [1.82, 2.24) is 14.1 Å². The molecule has 0 fully saturated rings. The highest BCUT2D eigenvalue weighted by atomic mass is 15.2. The van der Waals surface area contributed by atoms with Gasteiger partial charge in [-0.25, -0.2) is 4.98 Å². The summed E-state index contributed by atoms with van der Waals surface area (Å²) in [6.45, 7) is 6.94. The van der Waals surface area contributed by atoms with Crippen molar-refractivity contribution in [3.8, 4) is 16.9 Å². The second-order valence-corrected chi connectivity index (χ2v) is 15.1. The van der Waals surface area contributed by atoms with Gasteiger partial charge in [-0.2, -0.15) is 0 Å². The standard InChI is InChI=1S/C48H38N4/c1-47(2,3)33-27-34(29-35(28-33)51-31-50(4)43-21-11-12-22-44(43)51)48(40-18-8-5-15-36(40)37-16-6-9-19-41(37)48)32-24-25-39-38-17-7-10-20-42(38)52(45(39)30-32)46-23-13-14-26-49-46/h5-30H,1-4H3/q+2. The normalized spacial score (nSPS) is 14.2. The number of hydrogen-bond donors (Lipinski definition) is 0. The molecule has 1 aliphatic carbocycles. The van der Waals surface area contributed by atoms with Gasteiger partial charge in [-0.15, -0.1) is 0 Å². The lowest BCUT2D eigenvalue weighted by Gasteiger charge is -2.35. The number of benzene rings is 6. The molecule has 6 aromatic carbocycles. The van der Waals surface area contributed by atoms with Crippen molar-refractivity contribution in [2.75, 3.05) is 7.05 Å². The van der Waals surface area contributed by atoms with Crippen LogP contribution in [0.25, 0.3) is 38.8 Å². The molecule has 2 aliphatic rings. The number of nitrogens with zero attached hydrogens (tertiary/aromatic N) is 4. The summed E-state index contributed by atoms with van der Waals surface area (Å²) in [7, 11) is 2.08. The SMILES string of the molecule is C[N+]1=C=[N+](c2cc(C(C)(C)C)cc(C3(c4ccc5c6ccccc6n(-c6ccccn6)c5c4)c4ccccc4-c4ccccc43)c2)c2ccccc21. The van der Waals surface area contributed by atoms with E-state index in [9.17, 15) is 0 Å². The van der Waals surface area contributed by atoms with Gasteiger partial charge in [0.05, 0.1) is 16.4 Å². The summed E-state index contributed by atoms with van der Waals surface area (Å²) in [6.07, 6.45) is 1.88. The number of rotatable bonds is 4. The van der Waals surface area contributed by atoms with E-state index in [2.05, 4.69) is 193 Å². The molecule has 52 heavy (non-hydrogen) atoms. The van der Waals surface area contributed by atoms with E-state index in [1.165, 1.54) is 49.7 Å². The fraction of sp³-hybridized carbons (Fsp3) is 0.125. The molecule has 0 N–H and O–H groups in total. The molecular weight excluding hydrogens is 633 g/mol. The molecule has 0 spiro atoms. The second-order valence-electron chi connectivity index (χ2n) is 15.1. The molecule has 0 bridgehead atoms. The molecule has 4 heteroatoms. The molecule has 0 saturated heterocycles. The van der Waals surface area contributed by atoms with Crippen molar-refractivity contribution in [1.29, 1.82) is 0 Å². The molecule has 2 aromatic heterocycles. The Morgan fingerprint density at radius 1 is 0.596 bits per heavy atom. The maximum absolute atomic E-state index is 4.86. The largest absolute Gasteiger partial charge is 0.496 e. The third kappa shape index (κ3) is 4.25. The molecule has 248 valence electrons. The monoisotopic (exact) mass is 670 g/mol. The molecule has 4 nitrogen and oxygen atoms in total. The zero-order valence-electron chi connectivity index (χ0n) is 29.8. The van der Waals surface area contributed by atoms with Crippen LogP contribution < -0.4 is 4.58 Å². The zero-order valence-corrected chi connectivity index (χ0v) is 29.8. The number of fused-ring (bicyclic) bond motifs is 7. The third-order valence-electron chi connectivity index (χ3n) is 11.1. The lowest BCUT2D eigenvalue weighted by Crippen LogP contribution is -2.29. The van der Waals surface area contributed by atoms with Crippen LogP contribution in [0.2, 0.25) is 0 Å². The summed E-state index contributed by atoms with van der Waals surface area (Å²) in [6, 6.07) is 59.4. The number of hydrogen-bond acceptors (Lipinski definition) is 1. The molecule has 0 atom stereocenters. The minimum atomic E-state index is -0.603. The Bertz CT molecular complexity index is 2780. The van der Waals surface area contributed by atoms with E-state index in [0.29, 0.717) is 0 Å². The van der Waals surface area contributed by atoms with Crippen LogP contribution in [0.5, 0.6) is 0 Å². The van der Waals surface area contributed by atoms with Crippen molar-refractivity contribution >= 4 is 44.9 Å². The van der Waals surface area contributed by atoms with Crippen LogP contribution >= 0.6 is 0 Å². The predicted molar refractivity (Wildman–Crippen MR) is 213 cm³/mol. The number of para-hydroxylation sites is 3. The Balaban J connectivity index is 1.35. The van der Waals surface area contributed by atoms with Crippen molar-refractivity contribution < 1.29 is 4.58 Å². The first-order valence-electron chi connectivity index (χ1n) is 18.0. The maximum Gasteiger partial charge on any atom is 0.496 e. The average molecular weight is 671 g/mol. The average Bonchev–Trinajstić information content (AvgIpc) is 3.80. The van der Waals surface area contributed by atoms with E-state index >= 15 is 0 Å². The van der Waals surface area contributed by atoms with Gasteiger partial charge >= 0.3 is 6.01 Å². The van der Waals surface area contributed by atoms with E-state index in [0.717, 1.165) is 33.9 Å². The van der Waals surface area contributed by atoms with Crippen molar-refractivity contribution in [2.24, 2.45) is 0 Å². The highest BCUT2D eigenvalue weighted by Gasteiger charge is 2.47. The first kappa shape index (κ1) is 30.5. The van der Waals surface area contributed by atoms with E-state index in [4.69, 9.17) is 4.98 Å². The summed E-state index contributed by atoms with van der Waals surface area (Å²) in [5.74, 6) is 0.909. The van der Waals surface area contributed by atoms with Crippen LogP contribution in [0.1, 0.15) is 48.6 Å². The molecule has 0 radical (unpaired) electrons. The minimum Gasteiger partial charge on any atom is -0.294 e. The van der Waals surface area contributed by atoms with Gasteiger partial charge < -0.3 is 0 Å². The molecule has 0 unspecified atom stereocenters. The van der Waals surface area contributed by atoms with Crippen LogP contribution in [0, 0.1) is 0 Å². The lowest BCUT2D eigenvalue weighted by atomic mass is 9.66. The Morgan fingerprint density at radius 3 is 1.98 bits per heavy atom. The molecule has 1 aliphatic heterocycles. The Morgan fingerprint density at radius 2 is 1.25 bits per heavy atom. The molecular formula is C48H38N4+2. The molecule has 10 rings (SSSR count). The van der Waals surface area contributed by atoms with Crippen LogP contribution in [-0.4, -0.2) is 27.2 Å². The van der Waals surface area contributed by atoms with Crippen molar-refractivity contribution in [3.63, 3.8) is 0 Å². The molecule has 8 aromatic rings. The Kier molecular flexibility index (Phi) is 6.49. The predicted octanol–water partition coefficient (Wildman–Crippen LogP) is 11.1. The Hall–Kier alpha value is -6.35. The molecule has 0 amide bonds. The highest BCUT2D eigenvalue weighted by molar-refractivity contribution is 6.09. The summed E-state index contributed by atoms with van der Waals surface area (Å²) in [5, 5.41) is 2.43. The molecule has 3 heterocycles. The quantitative estimate of drug-likeness (QED) is 0.171. The highest BCUT2D eigenvalue weighted by Crippen LogP contribution is 2.57. The smallest absolute Gasteiger partial charge is 0.294 e. The van der Waals surface area contributed by atoms with Crippen molar-refractivity contribution in [3.05, 3.63) is 186 Å². The third-order valence-corrected chi connectivity index (χ3v) is 11.1. The van der Waals surface area contributed by atoms with Gasteiger partial charge in [-0.3, -0.25) is 4.57 Å². The van der Waals surface area contributed by atoms with E-state index in [-0.39, 0.29) is 5.41 Å². The van der Waals surface area contributed by atoms with Crippen LogP contribution in [0.4, 0.5) is 17.1 Å². The number of pyridine rings is 1. The van der Waals surface area contributed by atoms with E-state index in [1.807, 2.05) is 12.3 Å². The van der Waals surface area contributed by atoms with Gasteiger partial charge in [0.15, 0.2) is 7.05 Å². The fourth-order valence-corrected chi connectivity index (χ4v) is 8.74. The minimum absolute atomic E-state index is 0.107. The van der Waals surface area contributed by atoms with Gasteiger partial charge in [0, 0.05) is 41.2 Å². The van der Waals surface area contributed by atoms with Gasteiger partial charge in [0.1, 0.15) is 5.82 Å². The van der Waals surface area contributed by atoms with E-state index in [1.54, 1.807) is 0 Å². The van der Waals surface area contributed by atoms with Gasteiger partial charge in [0.25, 0.3) is 11.4 Å². The Labute approximate surface area is 303 Å². The van der Waals surface area contributed by atoms with Gasteiger partial charge in [-0.05, 0) is 73.2 Å². The lowest BCUT2D eigenvalue weighted by molar-refractivity contribution is -0.394. The molecule has 0 saturated carbocycles. The maximum atomic E-state index is 4.86. The summed E-state index contributed by atoms with van der Waals surface area (Å²) in [5.41, 5.74) is 13.8.